The minimum atomic E-state index is 0.308. The van der Waals surface area contributed by atoms with Gasteiger partial charge in [-0.3, -0.25) is 0 Å². The number of hydrogen-bond donors (Lipinski definition) is 1. The molecule has 0 radical (unpaired) electrons. The van der Waals surface area contributed by atoms with Crippen molar-refractivity contribution in [2.45, 2.75) is 32.7 Å². The summed E-state index contributed by atoms with van der Waals surface area (Å²) in [6.45, 7) is 4.43. The maximum Gasteiger partial charge on any atom is 0.00817 e. The second-order valence-corrected chi connectivity index (χ2v) is 4.08. The standard InChI is InChI=1S/C12H19N/c1-10(2)8-12(13)9-11-6-4-3-5-7-11/h3-7,10,12H,8-9,13H2,1-2H3/t12-/m1/s1. The molecule has 0 bridgehead atoms. The van der Waals surface area contributed by atoms with Crippen LogP contribution in [0.15, 0.2) is 30.3 Å². The highest BCUT2D eigenvalue weighted by molar-refractivity contribution is 5.15. The van der Waals surface area contributed by atoms with Gasteiger partial charge in [0.1, 0.15) is 0 Å². The van der Waals surface area contributed by atoms with Crippen molar-refractivity contribution in [3.05, 3.63) is 35.9 Å². The molecule has 0 fully saturated rings. The number of hydrogen-bond acceptors (Lipinski definition) is 1. The second-order valence-electron chi connectivity index (χ2n) is 4.08. The van der Waals surface area contributed by atoms with Crippen LogP contribution in [0.4, 0.5) is 0 Å². The molecule has 0 heterocycles. The Hall–Kier alpha value is -0.820. The summed E-state index contributed by atoms with van der Waals surface area (Å²) in [6, 6.07) is 10.8. The molecule has 0 aromatic heterocycles. The average molecular weight is 177 g/mol. The summed E-state index contributed by atoms with van der Waals surface area (Å²) in [7, 11) is 0. The first kappa shape index (κ1) is 10.3. The molecule has 1 rings (SSSR count). The number of nitrogens with two attached hydrogens (primary N) is 1. The third kappa shape index (κ3) is 4.09. The molecular formula is C12H19N. The molecule has 1 aromatic rings. The van der Waals surface area contributed by atoms with Crippen LogP contribution in [0.1, 0.15) is 25.8 Å². The van der Waals surface area contributed by atoms with E-state index in [1.54, 1.807) is 0 Å². The van der Waals surface area contributed by atoms with Crippen LogP contribution in [0.5, 0.6) is 0 Å². The van der Waals surface area contributed by atoms with Crippen LogP contribution in [0.25, 0.3) is 0 Å². The van der Waals surface area contributed by atoms with Gasteiger partial charge < -0.3 is 5.73 Å². The molecule has 1 heteroatoms. The van der Waals surface area contributed by atoms with Crippen molar-refractivity contribution in [3.8, 4) is 0 Å². The van der Waals surface area contributed by atoms with Crippen LogP contribution < -0.4 is 5.73 Å². The highest BCUT2D eigenvalue weighted by atomic mass is 14.6. The van der Waals surface area contributed by atoms with Crippen molar-refractivity contribution in [2.24, 2.45) is 11.7 Å². The Labute approximate surface area is 81.0 Å². The summed E-state index contributed by atoms with van der Waals surface area (Å²) in [5.41, 5.74) is 7.35. The fraction of sp³-hybridized carbons (Fsp3) is 0.500. The van der Waals surface area contributed by atoms with E-state index in [2.05, 4.69) is 38.1 Å². The van der Waals surface area contributed by atoms with Gasteiger partial charge in [-0.15, -0.1) is 0 Å². The minimum Gasteiger partial charge on any atom is -0.327 e. The van der Waals surface area contributed by atoms with E-state index in [-0.39, 0.29) is 0 Å². The van der Waals surface area contributed by atoms with Gasteiger partial charge in [-0.05, 0) is 24.3 Å². The van der Waals surface area contributed by atoms with Crippen molar-refractivity contribution in [2.75, 3.05) is 0 Å². The van der Waals surface area contributed by atoms with Gasteiger partial charge >= 0.3 is 0 Å². The van der Waals surface area contributed by atoms with Gasteiger partial charge in [0.05, 0.1) is 0 Å². The molecule has 0 aliphatic heterocycles. The van der Waals surface area contributed by atoms with E-state index in [1.165, 1.54) is 5.56 Å². The van der Waals surface area contributed by atoms with Crippen molar-refractivity contribution in [3.63, 3.8) is 0 Å². The molecule has 0 aliphatic rings. The topological polar surface area (TPSA) is 26.0 Å². The zero-order chi connectivity index (χ0) is 9.68. The van der Waals surface area contributed by atoms with E-state index < -0.39 is 0 Å². The normalized spacial score (nSPS) is 13.2. The minimum absolute atomic E-state index is 0.308. The summed E-state index contributed by atoms with van der Waals surface area (Å²) < 4.78 is 0. The van der Waals surface area contributed by atoms with Gasteiger partial charge in [-0.1, -0.05) is 44.2 Å². The summed E-state index contributed by atoms with van der Waals surface area (Å²) in [4.78, 5) is 0. The van der Waals surface area contributed by atoms with Gasteiger partial charge in [-0.25, -0.2) is 0 Å². The summed E-state index contributed by atoms with van der Waals surface area (Å²) in [5, 5.41) is 0. The van der Waals surface area contributed by atoms with E-state index in [0.29, 0.717) is 12.0 Å². The fourth-order valence-electron chi connectivity index (χ4n) is 1.61. The number of rotatable bonds is 4. The molecule has 0 saturated heterocycles. The summed E-state index contributed by atoms with van der Waals surface area (Å²) in [5.74, 6) is 0.693. The van der Waals surface area contributed by atoms with Crippen molar-refractivity contribution in [1.82, 2.24) is 0 Å². The Morgan fingerprint density at radius 3 is 2.31 bits per heavy atom. The summed E-state index contributed by atoms with van der Waals surface area (Å²) in [6.07, 6.45) is 2.11. The third-order valence-corrected chi connectivity index (χ3v) is 2.11. The maximum atomic E-state index is 6.01. The predicted octanol–water partition coefficient (Wildman–Crippen LogP) is 2.60. The molecule has 0 amide bonds. The second kappa shape index (κ2) is 5.03. The van der Waals surface area contributed by atoms with Crippen LogP contribution in [0.3, 0.4) is 0 Å². The molecule has 0 unspecified atom stereocenters. The Morgan fingerprint density at radius 1 is 1.15 bits per heavy atom. The largest absolute Gasteiger partial charge is 0.327 e. The molecule has 2 N–H and O–H groups in total. The molecule has 0 aliphatic carbocycles. The lowest BCUT2D eigenvalue weighted by Gasteiger charge is -2.13. The maximum absolute atomic E-state index is 6.01. The highest BCUT2D eigenvalue weighted by Crippen LogP contribution is 2.08. The van der Waals surface area contributed by atoms with Crippen LogP contribution in [-0.2, 0) is 6.42 Å². The monoisotopic (exact) mass is 177 g/mol. The molecule has 0 spiro atoms. The molecule has 72 valence electrons. The first-order valence-corrected chi connectivity index (χ1v) is 4.98. The predicted molar refractivity (Wildman–Crippen MR) is 57.6 cm³/mol. The van der Waals surface area contributed by atoms with Crippen molar-refractivity contribution in [1.29, 1.82) is 0 Å². The van der Waals surface area contributed by atoms with Gasteiger partial charge in [0.2, 0.25) is 0 Å². The van der Waals surface area contributed by atoms with Gasteiger partial charge in [0.15, 0.2) is 0 Å². The highest BCUT2D eigenvalue weighted by Gasteiger charge is 2.05. The van der Waals surface area contributed by atoms with Crippen molar-refractivity contribution < 1.29 is 0 Å². The molecular weight excluding hydrogens is 158 g/mol. The third-order valence-electron chi connectivity index (χ3n) is 2.11. The lowest BCUT2D eigenvalue weighted by molar-refractivity contribution is 0.493. The van der Waals surface area contributed by atoms with Gasteiger partial charge in [0.25, 0.3) is 0 Å². The van der Waals surface area contributed by atoms with Crippen LogP contribution in [0, 0.1) is 5.92 Å². The summed E-state index contributed by atoms with van der Waals surface area (Å²) >= 11 is 0. The molecule has 1 atom stereocenters. The van der Waals surface area contributed by atoms with Crippen LogP contribution in [0.2, 0.25) is 0 Å². The van der Waals surface area contributed by atoms with E-state index in [0.717, 1.165) is 12.8 Å². The zero-order valence-electron chi connectivity index (χ0n) is 8.53. The van der Waals surface area contributed by atoms with E-state index in [1.807, 2.05) is 6.07 Å². The van der Waals surface area contributed by atoms with E-state index >= 15 is 0 Å². The molecule has 0 saturated carbocycles. The Kier molecular flexibility index (Phi) is 3.97. The quantitative estimate of drug-likeness (QED) is 0.751. The van der Waals surface area contributed by atoms with Crippen LogP contribution >= 0.6 is 0 Å². The van der Waals surface area contributed by atoms with Crippen molar-refractivity contribution >= 4 is 0 Å². The van der Waals surface area contributed by atoms with Gasteiger partial charge in [0, 0.05) is 6.04 Å². The average Bonchev–Trinajstić information content (AvgIpc) is 2.04. The first-order chi connectivity index (χ1) is 6.18. The molecule has 1 nitrogen and oxygen atoms in total. The smallest absolute Gasteiger partial charge is 0.00817 e. The number of benzene rings is 1. The first-order valence-electron chi connectivity index (χ1n) is 4.98. The van der Waals surface area contributed by atoms with Gasteiger partial charge in [-0.2, -0.15) is 0 Å². The Morgan fingerprint density at radius 2 is 1.77 bits per heavy atom. The van der Waals surface area contributed by atoms with E-state index in [4.69, 9.17) is 5.73 Å². The fourth-order valence-corrected chi connectivity index (χ4v) is 1.61. The van der Waals surface area contributed by atoms with E-state index in [9.17, 15) is 0 Å². The zero-order valence-corrected chi connectivity index (χ0v) is 8.53. The van der Waals surface area contributed by atoms with Crippen LogP contribution in [-0.4, -0.2) is 6.04 Å². The molecule has 13 heavy (non-hydrogen) atoms. The Bertz CT molecular complexity index is 228. The molecule has 1 aromatic carbocycles. The lowest BCUT2D eigenvalue weighted by atomic mass is 9.98. The SMILES string of the molecule is CC(C)C[C@@H](N)Cc1ccccc1. The Balaban J connectivity index is 2.41. The lowest BCUT2D eigenvalue weighted by Crippen LogP contribution is -2.24.